The number of thioether (sulfide) groups is 1. The van der Waals surface area contributed by atoms with Crippen molar-refractivity contribution in [2.24, 2.45) is 17.8 Å². The van der Waals surface area contributed by atoms with Crippen molar-refractivity contribution in [1.82, 2.24) is 0 Å². The van der Waals surface area contributed by atoms with Gasteiger partial charge >= 0.3 is 11.9 Å². The number of esters is 2. The average molecular weight is 1800 g/mol. The topological polar surface area (TPSA) is 136 Å². The number of hydrogen-bond donors (Lipinski definition) is 0. The molecule has 20 heteroatoms. The molecule has 115 heavy (non-hydrogen) atoms. The van der Waals surface area contributed by atoms with Gasteiger partial charge in [0.25, 0.3) is 8.32 Å². The van der Waals surface area contributed by atoms with E-state index in [0.717, 1.165) is 67.0 Å². The van der Waals surface area contributed by atoms with Crippen LogP contribution in [-0.4, -0.2) is 139 Å². The lowest BCUT2D eigenvalue weighted by Gasteiger charge is -2.45. The summed E-state index contributed by atoms with van der Waals surface area (Å²) in [5, 5.41) is 2.52. The number of allylic oxidation sites excluding steroid dienone is 1. The minimum atomic E-state index is -2.78. The number of rotatable bonds is 34. The molecule has 2 heterocycles. The Morgan fingerprint density at radius 2 is 0.930 bits per heavy atom. The Morgan fingerprint density at radius 3 is 1.35 bits per heavy atom. The number of halogens is 1. The molecular formula is C95H151IO13SSi5. The van der Waals surface area contributed by atoms with Crippen LogP contribution in [0, 0.1) is 45.4 Å². The van der Waals surface area contributed by atoms with E-state index in [1.54, 1.807) is 26.0 Å². The molecule has 2 fully saturated rings. The van der Waals surface area contributed by atoms with Crippen molar-refractivity contribution in [2.45, 2.75) is 323 Å². The lowest BCUT2D eigenvalue weighted by molar-refractivity contribution is -0.152. The molecule has 0 saturated carbocycles. The number of alkyl halides is 1. The van der Waals surface area contributed by atoms with Gasteiger partial charge in [-0.05, 0) is 191 Å². The largest absolute Gasteiger partial charge is 0.496 e. The van der Waals surface area contributed by atoms with Crippen LogP contribution in [0.3, 0.4) is 0 Å². The second-order valence-electron chi connectivity index (χ2n) is 39.5. The van der Waals surface area contributed by atoms with Gasteiger partial charge in [-0.2, -0.15) is 0 Å². The first-order chi connectivity index (χ1) is 53.1. The molecule has 2 aliphatic heterocycles. The highest BCUT2D eigenvalue weighted by Gasteiger charge is 2.53. The van der Waals surface area contributed by atoms with E-state index in [1.165, 1.54) is 10.4 Å². The van der Waals surface area contributed by atoms with Crippen molar-refractivity contribution in [2.75, 3.05) is 31.9 Å². The van der Waals surface area contributed by atoms with Crippen LogP contribution in [-0.2, 0) is 47.5 Å². The summed E-state index contributed by atoms with van der Waals surface area (Å²) in [4.78, 5) is 27.7. The van der Waals surface area contributed by atoms with Crippen LogP contribution >= 0.6 is 34.4 Å². The van der Waals surface area contributed by atoms with Crippen LogP contribution in [0.25, 0.3) is 6.08 Å². The number of hydrogen-bond acceptors (Lipinski definition) is 14. The summed E-state index contributed by atoms with van der Waals surface area (Å²) >= 11 is 4.12. The molecule has 0 amide bonds. The summed E-state index contributed by atoms with van der Waals surface area (Å²) in [7, 11) is -6.33. The van der Waals surface area contributed by atoms with E-state index in [9.17, 15) is 9.59 Å². The highest BCUT2D eigenvalue weighted by molar-refractivity contribution is 14.1. The lowest BCUT2D eigenvalue weighted by atomic mass is 9.96. The average Bonchev–Trinajstić information content (AvgIpc) is 1.42. The third-order valence-electron chi connectivity index (χ3n) is 23.0. The van der Waals surface area contributed by atoms with Crippen LogP contribution in [0.4, 0.5) is 0 Å². The molecule has 642 valence electrons. The van der Waals surface area contributed by atoms with E-state index in [4.69, 9.17) is 51.2 Å². The fourth-order valence-corrected chi connectivity index (χ4v) is 24.0. The Morgan fingerprint density at radius 1 is 0.522 bits per heavy atom. The van der Waals surface area contributed by atoms with Crippen LogP contribution in [0.2, 0.25) is 92.7 Å². The number of carbonyl (C=O) groups is 2. The maximum absolute atomic E-state index is 13.7. The van der Waals surface area contributed by atoms with Gasteiger partial charge in [0.2, 0.25) is 0 Å². The van der Waals surface area contributed by atoms with Crippen LogP contribution in [0.5, 0.6) is 11.5 Å². The number of ether oxygens (including phenoxy) is 8. The molecule has 7 rings (SSSR count). The van der Waals surface area contributed by atoms with Crippen LogP contribution in [0.1, 0.15) is 192 Å². The quantitative estimate of drug-likeness (QED) is 0.00965. The van der Waals surface area contributed by atoms with Gasteiger partial charge in [-0.3, -0.25) is 0 Å². The van der Waals surface area contributed by atoms with Gasteiger partial charge in [0.15, 0.2) is 28.2 Å². The molecule has 2 unspecified atom stereocenters. The third kappa shape index (κ3) is 29.5. The molecule has 0 N–H and O–H groups in total. The smallest absolute Gasteiger partial charge is 0.339 e. The maximum atomic E-state index is 13.7. The summed E-state index contributed by atoms with van der Waals surface area (Å²) in [6, 6.07) is 37.7. The number of methoxy groups -OCH3 is 2. The van der Waals surface area contributed by atoms with Gasteiger partial charge in [-0.15, -0.1) is 11.8 Å². The summed E-state index contributed by atoms with van der Waals surface area (Å²) in [5.41, 5.74) is 6.61. The first-order valence-corrected chi connectivity index (χ1v) is 59.5. The van der Waals surface area contributed by atoms with Gasteiger partial charge in [-0.25, -0.2) is 9.59 Å². The number of carbonyl (C=O) groups excluding carboxylic acids is 2. The van der Waals surface area contributed by atoms with Gasteiger partial charge < -0.3 is 51.2 Å². The fourth-order valence-electron chi connectivity index (χ4n) is 13.8. The van der Waals surface area contributed by atoms with Crippen molar-refractivity contribution in [3.63, 3.8) is 0 Å². The van der Waals surface area contributed by atoms with E-state index in [2.05, 4.69) is 288 Å². The zero-order valence-corrected chi connectivity index (χ0v) is 85.3. The fraction of sp³-hybridized carbons (Fsp3) is 0.600. The predicted molar refractivity (Wildman–Crippen MR) is 506 cm³/mol. The minimum absolute atomic E-state index is 0.0333. The zero-order valence-electron chi connectivity index (χ0n) is 77.3. The summed E-state index contributed by atoms with van der Waals surface area (Å²) in [6.45, 7) is 71.6. The molecule has 0 aliphatic carbocycles. The first-order valence-electron chi connectivity index (χ1n) is 41.9. The second kappa shape index (κ2) is 43.0. The summed E-state index contributed by atoms with van der Waals surface area (Å²) in [5.74, 6) is 1.33. The molecular weight excluding hydrogens is 1650 g/mol. The Kier molecular flexibility index (Phi) is 37.9. The molecule has 0 radical (unpaired) electrons. The van der Waals surface area contributed by atoms with Gasteiger partial charge in [0.1, 0.15) is 23.7 Å². The van der Waals surface area contributed by atoms with E-state index >= 15 is 0 Å². The second-order valence-corrected chi connectivity index (χ2v) is 66.7. The van der Waals surface area contributed by atoms with E-state index in [1.807, 2.05) is 91.8 Å². The highest BCUT2D eigenvalue weighted by atomic mass is 127. The molecule has 5 aromatic carbocycles. The van der Waals surface area contributed by atoms with Gasteiger partial charge in [0.05, 0.1) is 63.0 Å². The molecule has 0 aromatic heterocycles. The van der Waals surface area contributed by atoms with E-state index in [-0.39, 0.29) is 69.6 Å². The number of aryl methyl sites for hydroxylation is 4. The van der Waals surface area contributed by atoms with Crippen LogP contribution in [0.15, 0.2) is 138 Å². The van der Waals surface area contributed by atoms with Gasteiger partial charge in [-0.1, -0.05) is 279 Å². The van der Waals surface area contributed by atoms with Crippen molar-refractivity contribution in [3.8, 4) is 11.5 Å². The Balaban J connectivity index is 0.000000364. The molecule has 9 atom stereocenters. The monoisotopic (exact) mass is 1800 g/mol. The predicted octanol–water partition coefficient (Wildman–Crippen LogP) is 24.9. The van der Waals surface area contributed by atoms with Crippen molar-refractivity contribution in [3.05, 3.63) is 178 Å². The maximum Gasteiger partial charge on any atom is 0.339 e. The molecule has 0 bridgehead atoms. The summed E-state index contributed by atoms with van der Waals surface area (Å²) in [6.07, 6.45) is 13.4. The number of benzene rings is 5. The van der Waals surface area contributed by atoms with Crippen LogP contribution < -0.4 is 19.8 Å². The zero-order chi connectivity index (χ0) is 86.8. The Hall–Kier alpha value is -4.26. The normalized spacial score (nSPS) is 19.0. The minimum Gasteiger partial charge on any atom is -0.496 e. The first kappa shape index (κ1) is 101. The summed E-state index contributed by atoms with van der Waals surface area (Å²) < 4.78 is 71.9. The molecule has 13 nitrogen and oxygen atoms in total. The molecule has 5 aromatic rings. The Labute approximate surface area is 721 Å². The Bertz CT molecular complexity index is 3920. The third-order valence-corrected chi connectivity index (χ3v) is 42.1. The SMILES string of the molecule is CC(C)[C@H](C)/C=C\C(O[Si](C)(C)C(C)(C)C)[C@H]1OC(C)(C)O[C@H]1CCI.COc1c(C)cc(C)c(C(=O)OCC[Si](C)(C)C)c1/C=C/C[C@@H]1OC(C)(C)O[C@@H]1C(/C=C\[C@@H](C)[C@H](C)O[Si](c1ccccc1)(c1ccccc1)C(C)(C)C)O[Si](C)(C)C(C)(C)C.COc1c(C)cc(C)c(C(=O)OCC[Si](C)(C)C)c1CSc1ccccc1. The van der Waals surface area contributed by atoms with E-state index < -0.39 is 58.8 Å². The highest BCUT2D eigenvalue weighted by Crippen LogP contribution is 2.45. The molecule has 2 aliphatic rings. The lowest BCUT2D eigenvalue weighted by Crippen LogP contribution is -2.67. The van der Waals surface area contributed by atoms with Crippen molar-refractivity contribution < 1.29 is 60.8 Å². The van der Waals surface area contributed by atoms with Crippen molar-refractivity contribution >= 4 is 104 Å². The molecule has 0 spiro atoms. The standard InChI is InChI=1S/C52H80O7Si3.C22H30O3SSi.C21H41IO3Si/c1-37(40(4)58-62(51(8,9)10,41-26-21-19-22-27-41)42-28-23-20-24-29-42)32-33-45(59-61(17,18)50(5,6)7)48-44(56-52(11,12)57-48)31-25-30-43-46(38(2)36-39(3)47(43)54-13)49(53)55-34-35-60(14,15)16;1-16-14-17(2)21(24-3)19(15-26-18-10-8-7-9-11-18)20(16)22(23)25-12-13-27(4,5)6;1-15(2)16(3)11-12-18(25-26(9,10)20(4,5)6)19-17(13-14-22)23-21(7,8)24-19/h19-30,32-33,36-37,40,44-45,48H,31,34-35H2,1-18H3;7-11,14H,12-13,15H2,1-6H3;11-12,15-19H,13-14H2,1-10H3/b30-25+,33-32-;;12-11-/t37-,40+,44+,45?,48+;;16-,17+,18?,19+/m1.1/s1. The van der Waals surface area contributed by atoms with E-state index in [0.29, 0.717) is 54.1 Å². The van der Waals surface area contributed by atoms with Crippen molar-refractivity contribution in [1.29, 1.82) is 0 Å². The van der Waals surface area contributed by atoms with Gasteiger partial charge in [0, 0.05) is 48.5 Å². The molecule has 2 saturated heterocycles.